The number of nitrogens with two attached hydrogens (primary N) is 1. The van der Waals surface area contributed by atoms with Crippen LogP contribution in [0.3, 0.4) is 0 Å². The number of anilines is 2. The van der Waals surface area contributed by atoms with Gasteiger partial charge in [-0.3, -0.25) is 9.10 Å². The van der Waals surface area contributed by atoms with E-state index in [4.69, 9.17) is 5.73 Å². The van der Waals surface area contributed by atoms with Gasteiger partial charge in [0, 0.05) is 18.7 Å². The first-order valence-electron chi connectivity index (χ1n) is 11.9. The Morgan fingerprint density at radius 3 is 2.43 bits per heavy atom. The van der Waals surface area contributed by atoms with Crippen LogP contribution in [0.4, 0.5) is 15.8 Å². The molecule has 0 saturated heterocycles. The molecule has 0 fully saturated rings. The number of amides is 1. The van der Waals surface area contributed by atoms with Crippen LogP contribution in [-0.2, 0) is 27.8 Å². The monoisotopic (exact) mass is 515 g/mol. The number of benzene rings is 4. The normalized spacial score (nSPS) is 14.9. The minimum absolute atomic E-state index is 0.0674. The number of para-hydroxylation sites is 2. The van der Waals surface area contributed by atoms with Gasteiger partial charge in [-0.1, -0.05) is 54.6 Å². The van der Waals surface area contributed by atoms with Gasteiger partial charge in [-0.2, -0.15) is 0 Å². The number of aryl methyl sites for hydroxylation is 1. The minimum atomic E-state index is -4.07. The Hall–Kier alpha value is -4.17. The second kappa shape index (κ2) is 9.71. The van der Waals surface area contributed by atoms with Crippen LogP contribution >= 0.6 is 0 Å². The van der Waals surface area contributed by atoms with Gasteiger partial charge in [-0.05, 0) is 71.1 Å². The SMILES string of the molecule is Cc1cc(F)ccc1-c1ccc(S(=O)(=O)N2c3ccccc3C[C@H]2C(=O)NCc2ccccc2N)cc1. The Morgan fingerprint density at radius 1 is 1.00 bits per heavy atom. The first-order valence-corrected chi connectivity index (χ1v) is 13.3. The van der Waals surface area contributed by atoms with Crippen LogP contribution in [0.25, 0.3) is 11.1 Å². The summed E-state index contributed by atoms with van der Waals surface area (Å²) in [5.74, 6) is -0.728. The Kier molecular flexibility index (Phi) is 6.43. The number of carbonyl (C=O) groups is 1. The molecule has 1 amide bonds. The Balaban J connectivity index is 1.45. The van der Waals surface area contributed by atoms with E-state index in [0.29, 0.717) is 11.4 Å². The van der Waals surface area contributed by atoms with E-state index in [1.807, 2.05) is 30.3 Å². The number of nitrogens with zero attached hydrogens (tertiary/aromatic N) is 1. The van der Waals surface area contributed by atoms with Crippen molar-refractivity contribution in [2.75, 3.05) is 10.0 Å². The van der Waals surface area contributed by atoms with Gasteiger partial charge in [0.2, 0.25) is 5.91 Å². The first-order chi connectivity index (χ1) is 17.8. The van der Waals surface area contributed by atoms with Crippen molar-refractivity contribution in [2.24, 2.45) is 0 Å². The van der Waals surface area contributed by atoms with Gasteiger partial charge >= 0.3 is 0 Å². The zero-order valence-corrected chi connectivity index (χ0v) is 21.0. The van der Waals surface area contributed by atoms with E-state index in [9.17, 15) is 17.6 Å². The number of rotatable bonds is 6. The summed E-state index contributed by atoms with van der Waals surface area (Å²) in [7, 11) is -4.07. The molecule has 1 atom stereocenters. The molecule has 5 rings (SSSR count). The summed E-state index contributed by atoms with van der Waals surface area (Å²) in [5.41, 5.74) is 10.9. The van der Waals surface area contributed by atoms with E-state index in [1.54, 1.807) is 43.3 Å². The Morgan fingerprint density at radius 2 is 1.70 bits per heavy atom. The Bertz CT molecular complexity index is 1590. The molecule has 0 radical (unpaired) electrons. The third kappa shape index (κ3) is 4.68. The molecule has 0 aromatic heterocycles. The van der Waals surface area contributed by atoms with E-state index in [2.05, 4.69) is 5.32 Å². The number of halogens is 1. The molecule has 188 valence electrons. The van der Waals surface area contributed by atoms with Crippen LogP contribution in [0, 0.1) is 12.7 Å². The molecule has 0 unspecified atom stereocenters. The molecule has 3 N–H and O–H groups in total. The summed E-state index contributed by atoms with van der Waals surface area (Å²) in [5, 5.41) is 2.86. The summed E-state index contributed by atoms with van der Waals surface area (Å²) in [6.45, 7) is 1.99. The van der Waals surface area contributed by atoms with Crippen molar-refractivity contribution in [3.63, 3.8) is 0 Å². The lowest BCUT2D eigenvalue weighted by molar-refractivity contribution is -0.122. The van der Waals surface area contributed by atoms with E-state index in [1.165, 1.54) is 28.6 Å². The topological polar surface area (TPSA) is 92.5 Å². The second-order valence-electron chi connectivity index (χ2n) is 9.05. The highest BCUT2D eigenvalue weighted by atomic mass is 32.2. The first kappa shape index (κ1) is 24.5. The third-order valence-electron chi connectivity index (χ3n) is 6.65. The second-order valence-corrected chi connectivity index (χ2v) is 10.9. The predicted octanol–water partition coefficient (Wildman–Crippen LogP) is 4.82. The van der Waals surface area contributed by atoms with E-state index in [0.717, 1.165) is 27.8 Å². The molecule has 37 heavy (non-hydrogen) atoms. The summed E-state index contributed by atoms with van der Waals surface area (Å²) >= 11 is 0. The summed E-state index contributed by atoms with van der Waals surface area (Å²) in [6, 6.07) is 24.3. The molecule has 6 nitrogen and oxygen atoms in total. The molecule has 1 heterocycles. The molecule has 1 aliphatic heterocycles. The van der Waals surface area contributed by atoms with E-state index >= 15 is 0 Å². The van der Waals surface area contributed by atoms with E-state index in [-0.39, 0.29) is 23.7 Å². The molecule has 0 bridgehead atoms. The fraction of sp³-hybridized carbons (Fsp3) is 0.138. The number of sulfonamides is 1. The van der Waals surface area contributed by atoms with Crippen molar-refractivity contribution in [3.05, 3.63) is 114 Å². The fourth-order valence-corrected chi connectivity index (χ4v) is 6.37. The summed E-state index contributed by atoms with van der Waals surface area (Å²) < 4.78 is 42.5. The van der Waals surface area contributed by atoms with Crippen molar-refractivity contribution in [2.45, 2.75) is 30.8 Å². The quantitative estimate of drug-likeness (QED) is 0.360. The van der Waals surface area contributed by atoms with Gasteiger partial charge < -0.3 is 11.1 Å². The fourth-order valence-electron chi connectivity index (χ4n) is 4.72. The molecule has 0 saturated carbocycles. The van der Waals surface area contributed by atoms with Gasteiger partial charge in [0.1, 0.15) is 11.9 Å². The number of nitrogens with one attached hydrogen (secondary N) is 1. The van der Waals surface area contributed by atoms with Crippen LogP contribution in [0.5, 0.6) is 0 Å². The van der Waals surface area contributed by atoms with Gasteiger partial charge in [0.15, 0.2) is 0 Å². The zero-order valence-electron chi connectivity index (χ0n) is 20.2. The van der Waals surface area contributed by atoms with Gasteiger partial charge in [0.05, 0.1) is 10.6 Å². The maximum absolute atomic E-state index is 13.9. The maximum atomic E-state index is 13.9. The molecule has 0 spiro atoms. The smallest absolute Gasteiger partial charge is 0.265 e. The summed E-state index contributed by atoms with van der Waals surface area (Å²) in [6.07, 6.45) is 0.262. The number of hydrogen-bond donors (Lipinski definition) is 2. The van der Waals surface area contributed by atoms with Gasteiger partial charge in [-0.25, -0.2) is 12.8 Å². The van der Waals surface area contributed by atoms with Crippen LogP contribution in [-0.4, -0.2) is 20.4 Å². The average molecular weight is 516 g/mol. The van der Waals surface area contributed by atoms with Gasteiger partial charge in [-0.15, -0.1) is 0 Å². The molecule has 0 aliphatic carbocycles. The highest BCUT2D eigenvalue weighted by Gasteiger charge is 2.42. The molecular formula is C29H26FN3O3S. The van der Waals surface area contributed by atoms with Crippen molar-refractivity contribution in [1.82, 2.24) is 5.32 Å². The highest BCUT2D eigenvalue weighted by Crippen LogP contribution is 2.37. The van der Waals surface area contributed by atoms with E-state index < -0.39 is 22.0 Å². The molecular weight excluding hydrogens is 489 g/mol. The van der Waals surface area contributed by atoms with Crippen LogP contribution in [0.2, 0.25) is 0 Å². The predicted molar refractivity (Wildman–Crippen MR) is 143 cm³/mol. The standard InChI is InChI=1S/C29H26FN3O3S/c1-19-16-23(30)12-15-25(19)20-10-13-24(14-11-20)37(35,36)33-27-9-5-3-6-21(27)17-28(33)29(34)32-18-22-7-2-4-8-26(22)31/h2-16,28H,17-18,31H2,1H3,(H,32,34)/t28-/m0/s1. The highest BCUT2D eigenvalue weighted by molar-refractivity contribution is 7.93. The molecule has 8 heteroatoms. The number of fused-ring (bicyclic) bond motifs is 1. The minimum Gasteiger partial charge on any atom is -0.398 e. The molecule has 4 aromatic carbocycles. The number of nitrogen functional groups attached to an aromatic ring is 1. The van der Waals surface area contributed by atoms with Crippen molar-refractivity contribution < 1.29 is 17.6 Å². The lowest BCUT2D eigenvalue weighted by atomic mass is 10.0. The van der Waals surface area contributed by atoms with Crippen molar-refractivity contribution >= 4 is 27.3 Å². The Labute approximate surface area is 215 Å². The van der Waals surface area contributed by atoms with Gasteiger partial charge in [0.25, 0.3) is 10.0 Å². The zero-order chi connectivity index (χ0) is 26.2. The van der Waals surface area contributed by atoms with Crippen LogP contribution in [0.1, 0.15) is 16.7 Å². The number of hydrogen-bond acceptors (Lipinski definition) is 4. The summed E-state index contributed by atoms with van der Waals surface area (Å²) in [4.78, 5) is 13.4. The third-order valence-corrected chi connectivity index (χ3v) is 8.48. The maximum Gasteiger partial charge on any atom is 0.265 e. The van der Waals surface area contributed by atoms with Crippen LogP contribution < -0.4 is 15.4 Å². The van der Waals surface area contributed by atoms with Crippen LogP contribution in [0.15, 0.2) is 95.9 Å². The molecule has 4 aromatic rings. The largest absolute Gasteiger partial charge is 0.398 e. The van der Waals surface area contributed by atoms with Crippen molar-refractivity contribution in [1.29, 1.82) is 0 Å². The van der Waals surface area contributed by atoms with Crippen molar-refractivity contribution in [3.8, 4) is 11.1 Å². The lowest BCUT2D eigenvalue weighted by Gasteiger charge is -2.26. The molecule has 1 aliphatic rings. The number of carbonyl (C=O) groups excluding carboxylic acids is 1. The average Bonchev–Trinajstić information content (AvgIpc) is 3.29. The lowest BCUT2D eigenvalue weighted by Crippen LogP contribution is -2.47.